The van der Waals surface area contributed by atoms with E-state index in [4.69, 9.17) is 5.26 Å². The van der Waals surface area contributed by atoms with E-state index in [0.29, 0.717) is 12.8 Å². The first kappa shape index (κ1) is 13.4. The summed E-state index contributed by atoms with van der Waals surface area (Å²) in [5.41, 5.74) is -1.52. The second-order valence-electron chi connectivity index (χ2n) is 4.58. The fourth-order valence-electron chi connectivity index (χ4n) is 1.91. The average Bonchev–Trinajstić information content (AvgIpc) is 2.27. The van der Waals surface area contributed by atoms with Gasteiger partial charge in [0.1, 0.15) is 5.41 Å². The standard InChI is InChI=1S/C13H11F3N2O/c14-13(15,16)9-2-4-10(5-3-9)18-11(19)12(8-17)6-1-7-12/h2-5H,1,6-7H2,(H,18,19). The zero-order chi connectivity index (χ0) is 14.1. The van der Waals surface area contributed by atoms with Gasteiger partial charge in [-0.25, -0.2) is 0 Å². The van der Waals surface area contributed by atoms with Gasteiger partial charge in [-0.05, 0) is 43.5 Å². The first-order chi connectivity index (χ1) is 8.87. The largest absolute Gasteiger partial charge is 0.416 e. The lowest BCUT2D eigenvalue weighted by Gasteiger charge is -2.33. The van der Waals surface area contributed by atoms with Crippen molar-refractivity contribution in [3.05, 3.63) is 29.8 Å². The molecule has 0 radical (unpaired) electrons. The van der Waals surface area contributed by atoms with E-state index in [1.807, 2.05) is 6.07 Å². The van der Waals surface area contributed by atoms with E-state index in [1.54, 1.807) is 0 Å². The van der Waals surface area contributed by atoms with Crippen molar-refractivity contribution in [2.24, 2.45) is 5.41 Å². The summed E-state index contributed by atoms with van der Waals surface area (Å²) >= 11 is 0. The zero-order valence-corrected chi connectivity index (χ0v) is 9.92. The van der Waals surface area contributed by atoms with E-state index in [1.165, 1.54) is 12.1 Å². The van der Waals surface area contributed by atoms with Crippen LogP contribution in [0.25, 0.3) is 0 Å². The number of anilines is 1. The van der Waals surface area contributed by atoms with Crippen LogP contribution in [0.3, 0.4) is 0 Å². The molecule has 1 amide bonds. The highest BCUT2D eigenvalue weighted by atomic mass is 19.4. The number of amides is 1. The quantitative estimate of drug-likeness (QED) is 0.894. The molecule has 3 nitrogen and oxygen atoms in total. The summed E-state index contributed by atoms with van der Waals surface area (Å²) in [4.78, 5) is 11.9. The molecule has 2 rings (SSSR count). The van der Waals surface area contributed by atoms with Gasteiger partial charge in [0.25, 0.3) is 0 Å². The molecule has 1 saturated carbocycles. The molecule has 0 spiro atoms. The Hall–Kier alpha value is -2.03. The van der Waals surface area contributed by atoms with E-state index < -0.39 is 23.1 Å². The van der Waals surface area contributed by atoms with Gasteiger partial charge in [-0.15, -0.1) is 0 Å². The van der Waals surface area contributed by atoms with Gasteiger partial charge in [0, 0.05) is 5.69 Å². The average molecular weight is 268 g/mol. The highest BCUT2D eigenvalue weighted by Crippen LogP contribution is 2.41. The van der Waals surface area contributed by atoms with Crippen molar-refractivity contribution in [1.29, 1.82) is 5.26 Å². The topological polar surface area (TPSA) is 52.9 Å². The molecule has 1 aliphatic carbocycles. The number of nitrogens with one attached hydrogen (secondary N) is 1. The monoisotopic (exact) mass is 268 g/mol. The number of nitriles is 1. The SMILES string of the molecule is N#CC1(C(=O)Nc2ccc(C(F)(F)F)cc2)CCC1. The Morgan fingerprint density at radius 2 is 1.84 bits per heavy atom. The van der Waals surface area contributed by atoms with Crippen molar-refractivity contribution in [3.8, 4) is 6.07 Å². The summed E-state index contributed by atoms with van der Waals surface area (Å²) in [5, 5.41) is 11.5. The Balaban J connectivity index is 2.08. The van der Waals surface area contributed by atoms with E-state index in [-0.39, 0.29) is 5.69 Å². The van der Waals surface area contributed by atoms with Gasteiger partial charge >= 0.3 is 6.18 Å². The number of carbonyl (C=O) groups is 1. The number of hydrogen-bond donors (Lipinski definition) is 1. The van der Waals surface area contributed by atoms with E-state index in [9.17, 15) is 18.0 Å². The van der Waals surface area contributed by atoms with Crippen LogP contribution in [0.1, 0.15) is 24.8 Å². The molecule has 1 fully saturated rings. The number of rotatable bonds is 2. The molecule has 0 aromatic heterocycles. The second-order valence-corrected chi connectivity index (χ2v) is 4.58. The maximum absolute atomic E-state index is 12.4. The lowest BCUT2D eigenvalue weighted by atomic mass is 9.69. The van der Waals surface area contributed by atoms with Gasteiger partial charge in [-0.2, -0.15) is 18.4 Å². The van der Waals surface area contributed by atoms with Crippen LogP contribution in [0, 0.1) is 16.7 Å². The van der Waals surface area contributed by atoms with Gasteiger partial charge in [0.15, 0.2) is 0 Å². The maximum Gasteiger partial charge on any atom is 0.416 e. The second kappa shape index (κ2) is 4.57. The lowest BCUT2D eigenvalue weighted by Crippen LogP contribution is -2.40. The van der Waals surface area contributed by atoms with Crippen molar-refractivity contribution in [2.45, 2.75) is 25.4 Å². The van der Waals surface area contributed by atoms with Crippen molar-refractivity contribution in [1.82, 2.24) is 0 Å². The Labute approximate surface area is 108 Å². The third-order valence-corrected chi connectivity index (χ3v) is 3.33. The smallest absolute Gasteiger partial charge is 0.325 e. The molecule has 0 unspecified atom stereocenters. The van der Waals surface area contributed by atoms with Crippen molar-refractivity contribution < 1.29 is 18.0 Å². The summed E-state index contributed by atoms with van der Waals surface area (Å²) in [5.74, 6) is -0.444. The van der Waals surface area contributed by atoms with Gasteiger partial charge in [0.05, 0.1) is 11.6 Å². The number of hydrogen-bond acceptors (Lipinski definition) is 2. The molecule has 19 heavy (non-hydrogen) atoms. The van der Waals surface area contributed by atoms with Crippen LogP contribution in [0.15, 0.2) is 24.3 Å². The lowest BCUT2D eigenvalue weighted by molar-refractivity contribution is -0.137. The first-order valence-electron chi connectivity index (χ1n) is 5.77. The molecule has 1 aromatic rings. The molecule has 6 heteroatoms. The van der Waals surface area contributed by atoms with Gasteiger partial charge in [-0.1, -0.05) is 0 Å². The summed E-state index contributed by atoms with van der Waals surface area (Å²) in [6.45, 7) is 0. The molecule has 1 aliphatic rings. The molecule has 0 saturated heterocycles. The zero-order valence-electron chi connectivity index (χ0n) is 9.92. The van der Waals surface area contributed by atoms with Crippen LogP contribution < -0.4 is 5.32 Å². The predicted molar refractivity (Wildman–Crippen MR) is 62.0 cm³/mol. The van der Waals surface area contributed by atoms with Crippen LogP contribution in [-0.2, 0) is 11.0 Å². The van der Waals surface area contributed by atoms with Crippen LogP contribution in [0.4, 0.5) is 18.9 Å². The van der Waals surface area contributed by atoms with E-state index in [0.717, 1.165) is 18.6 Å². The number of nitrogens with zero attached hydrogens (tertiary/aromatic N) is 1. The Morgan fingerprint density at radius 3 is 2.21 bits per heavy atom. The molecule has 0 atom stereocenters. The Kier molecular flexibility index (Phi) is 3.23. The van der Waals surface area contributed by atoms with Crippen LogP contribution in [0.2, 0.25) is 0 Å². The fraction of sp³-hybridized carbons (Fsp3) is 0.385. The number of alkyl halides is 3. The minimum absolute atomic E-state index is 0.263. The molecular formula is C13H11F3N2O. The highest BCUT2D eigenvalue weighted by Gasteiger charge is 2.44. The summed E-state index contributed by atoms with van der Waals surface area (Å²) < 4.78 is 37.1. The van der Waals surface area contributed by atoms with E-state index >= 15 is 0 Å². The first-order valence-corrected chi connectivity index (χ1v) is 5.77. The van der Waals surface area contributed by atoms with Crippen LogP contribution >= 0.6 is 0 Å². The van der Waals surface area contributed by atoms with Gasteiger partial charge in [-0.3, -0.25) is 4.79 Å². The summed E-state index contributed by atoms with van der Waals surface area (Å²) in [6.07, 6.45) is -2.59. The molecule has 0 heterocycles. The summed E-state index contributed by atoms with van der Waals surface area (Å²) in [7, 11) is 0. The normalized spacial score (nSPS) is 17.2. The van der Waals surface area contributed by atoms with Gasteiger partial charge < -0.3 is 5.32 Å². The number of halogens is 3. The fourth-order valence-corrected chi connectivity index (χ4v) is 1.91. The van der Waals surface area contributed by atoms with Crippen LogP contribution in [-0.4, -0.2) is 5.91 Å². The third-order valence-electron chi connectivity index (χ3n) is 3.33. The molecular weight excluding hydrogens is 257 g/mol. The Bertz CT molecular complexity index is 524. The molecule has 1 N–H and O–H groups in total. The molecule has 0 aliphatic heterocycles. The number of carbonyl (C=O) groups excluding carboxylic acids is 1. The van der Waals surface area contributed by atoms with Gasteiger partial charge in [0.2, 0.25) is 5.91 Å². The van der Waals surface area contributed by atoms with Crippen molar-refractivity contribution >= 4 is 11.6 Å². The minimum atomic E-state index is -4.40. The van der Waals surface area contributed by atoms with Crippen LogP contribution in [0.5, 0.6) is 0 Å². The summed E-state index contributed by atoms with van der Waals surface area (Å²) in [6, 6.07) is 6.15. The van der Waals surface area contributed by atoms with Crippen molar-refractivity contribution in [2.75, 3.05) is 5.32 Å². The maximum atomic E-state index is 12.4. The number of benzene rings is 1. The Morgan fingerprint density at radius 1 is 1.26 bits per heavy atom. The molecule has 0 bridgehead atoms. The minimum Gasteiger partial charge on any atom is -0.325 e. The third kappa shape index (κ3) is 2.55. The van der Waals surface area contributed by atoms with E-state index in [2.05, 4.69) is 5.32 Å². The van der Waals surface area contributed by atoms with Crippen molar-refractivity contribution in [3.63, 3.8) is 0 Å². The molecule has 1 aromatic carbocycles. The highest BCUT2D eigenvalue weighted by molar-refractivity contribution is 5.97. The molecule has 100 valence electrons. The predicted octanol–water partition coefficient (Wildman–Crippen LogP) is 3.34.